The van der Waals surface area contributed by atoms with Gasteiger partial charge in [0, 0.05) is 17.2 Å². The van der Waals surface area contributed by atoms with Crippen LogP contribution in [0.3, 0.4) is 0 Å². The third-order valence-corrected chi connectivity index (χ3v) is 4.95. The van der Waals surface area contributed by atoms with Crippen LogP contribution in [0.4, 0.5) is 14.9 Å². The van der Waals surface area contributed by atoms with E-state index in [-0.39, 0.29) is 16.3 Å². The van der Waals surface area contributed by atoms with Gasteiger partial charge in [-0.2, -0.15) is 5.10 Å². The second-order valence-corrected chi connectivity index (χ2v) is 6.83. The van der Waals surface area contributed by atoms with Gasteiger partial charge in [0.15, 0.2) is 21.3 Å². The third-order valence-electron chi connectivity index (χ3n) is 3.54. The molecular weight excluding hydrogens is 373 g/mol. The molecule has 1 aromatic heterocycles. The molecule has 2 aromatic carbocycles. The van der Waals surface area contributed by atoms with Crippen molar-refractivity contribution in [3.63, 3.8) is 0 Å². The number of rotatable bonds is 5. The molecule has 10 heteroatoms. The van der Waals surface area contributed by atoms with Gasteiger partial charge in [-0.25, -0.2) is 13.9 Å². The number of amides is 3. The van der Waals surface area contributed by atoms with Crippen LogP contribution in [0.15, 0.2) is 64.5 Å². The molecule has 0 bridgehead atoms. The molecule has 0 saturated heterocycles. The van der Waals surface area contributed by atoms with E-state index >= 15 is 0 Å². The molecule has 0 aliphatic carbocycles. The molecule has 1 heterocycles. The van der Waals surface area contributed by atoms with Crippen molar-refractivity contribution in [2.45, 2.75) is 9.79 Å². The SMILES string of the molecule is NC(=O)Nc1cn(-c2cccc([S+]([O-])c3ccccc3F)c2)nc1C(N)=O. The van der Waals surface area contributed by atoms with Crippen molar-refractivity contribution < 1.29 is 18.5 Å². The van der Waals surface area contributed by atoms with Gasteiger partial charge in [-0.1, -0.05) is 18.2 Å². The van der Waals surface area contributed by atoms with Gasteiger partial charge < -0.3 is 21.3 Å². The molecular formula is C17H14FN5O3S. The predicted octanol–water partition coefficient (Wildman–Crippen LogP) is 1.77. The Morgan fingerprint density at radius 3 is 2.56 bits per heavy atom. The number of aromatic nitrogens is 2. The summed E-state index contributed by atoms with van der Waals surface area (Å²) in [4.78, 5) is 23.0. The van der Waals surface area contributed by atoms with Crippen LogP contribution in [-0.4, -0.2) is 26.3 Å². The Hall–Kier alpha value is -3.37. The smallest absolute Gasteiger partial charge is 0.316 e. The van der Waals surface area contributed by atoms with Crippen LogP contribution in [0.2, 0.25) is 0 Å². The fraction of sp³-hybridized carbons (Fsp3) is 0. The zero-order chi connectivity index (χ0) is 19.6. The minimum atomic E-state index is -1.76. The van der Waals surface area contributed by atoms with Gasteiger partial charge in [0.25, 0.3) is 5.91 Å². The molecule has 3 rings (SSSR count). The molecule has 3 amide bonds. The highest BCUT2D eigenvalue weighted by molar-refractivity contribution is 7.91. The fourth-order valence-corrected chi connectivity index (χ4v) is 3.51. The van der Waals surface area contributed by atoms with Gasteiger partial charge in [-0.15, -0.1) is 0 Å². The number of primary amides is 2. The summed E-state index contributed by atoms with van der Waals surface area (Å²) in [5.74, 6) is -1.44. The van der Waals surface area contributed by atoms with Crippen LogP contribution in [0.5, 0.6) is 0 Å². The first-order chi connectivity index (χ1) is 12.9. The lowest BCUT2D eigenvalue weighted by molar-refractivity contribution is 0.0996. The Morgan fingerprint density at radius 2 is 1.89 bits per heavy atom. The highest BCUT2D eigenvalue weighted by atomic mass is 32.2. The van der Waals surface area contributed by atoms with Gasteiger partial charge in [-0.05, 0) is 24.3 Å². The largest absolute Gasteiger partial charge is 0.606 e. The van der Waals surface area contributed by atoms with Gasteiger partial charge in [0.05, 0.1) is 17.6 Å². The van der Waals surface area contributed by atoms with Crippen molar-refractivity contribution >= 4 is 28.8 Å². The van der Waals surface area contributed by atoms with Crippen LogP contribution >= 0.6 is 0 Å². The molecule has 0 aliphatic rings. The van der Waals surface area contributed by atoms with E-state index in [1.807, 2.05) is 0 Å². The van der Waals surface area contributed by atoms with Crippen molar-refractivity contribution in [2.75, 3.05) is 5.32 Å². The van der Waals surface area contributed by atoms with E-state index in [1.54, 1.807) is 24.3 Å². The van der Waals surface area contributed by atoms with E-state index in [4.69, 9.17) is 11.5 Å². The van der Waals surface area contributed by atoms with Crippen LogP contribution < -0.4 is 16.8 Å². The lowest BCUT2D eigenvalue weighted by Crippen LogP contribution is -2.22. The molecule has 27 heavy (non-hydrogen) atoms. The number of carbonyl (C=O) groups excluding carboxylic acids is 2. The lowest BCUT2D eigenvalue weighted by Gasteiger charge is -2.11. The molecule has 8 nitrogen and oxygen atoms in total. The second-order valence-electron chi connectivity index (χ2n) is 5.39. The minimum Gasteiger partial charge on any atom is -0.606 e. The first-order valence-electron chi connectivity index (χ1n) is 7.59. The lowest BCUT2D eigenvalue weighted by atomic mass is 10.3. The van der Waals surface area contributed by atoms with Gasteiger partial charge in [-0.3, -0.25) is 4.79 Å². The van der Waals surface area contributed by atoms with E-state index in [9.17, 15) is 18.5 Å². The monoisotopic (exact) mass is 387 g/mol. The molecule has 0 fully saturated rings. The molecule has 0 spiro atoms. The van der Waals surface area contributed by atoms with Crippen molar-refractivity contribution in [1.82, 2.24) is 9.78 Å². The maximum Gasteiger partial charge on any atom is 0.316 e. The molecule has 0 aliphatic heterocycles. The number of nitrogens with one attached hydrogen (secondary N) is 1. The molecule has 0 saturated carbocycles. The molecule has 0 radical (unpaired) electrons. The zero-order valence-electron chi connectivity index (χ0n) is 13.8. The van der Waals surface area contributed by atoms with Crippen molar-refractivity contribution in [2.24, 2.45) is 11.5 Å². The number of benzene rings is 2. The quantitative estimate of drug-likeness (QED) is 0.574. The molecule has 1 unspecified atom stereocenters. The summed E-state index contributed by atoms with van der Waals surface area (Å²) in [5.41, 5.74) is 10.6. The zero-order valence-corrected chi connectivity index (χ0v) is 14.6. The van der Waals surface area contributed by atoms with Gasteiger partial charge in [0.1, 0.15) is 0 Å². The molecule has 1 atom stereocenters. The van der Waals surface area contributed by atoms with E-state index in [0.29, 0.717) is 10.6 Å². The topological polar surface area (TPSA) is 139 Å². The van der Waals surface area contributed by atoms with E-state index in [0.717, 1.165) is 0 Å². The Balaban J connectivity index is 2.00. The van der Waals surface area contributed by atoms with E-state index in [2.05, 4.69) is 10.4 Å². The summed E-state index contributed by atoms with van der Waals surface area (Å²) in [7, 11) is 0. The van der Waals surface area contributed by atoms with Crippen molar-refractivity contribution in [3.8, 4) is 5.69 Å². The summed E-state index contributed by atoms with van der Waals surface area (Å²) in [6, 6.07) is 11.2. The van der Waals surface area contributed by atoms with Crippen LogP contribution in [0.1, 0.15) is 10.5 Å². The molecule has 5 N–H and O–H groups in total. The van der Waals surface area contributed by atoms with Crippen molar-refractivity contribution in [3.05, 3.63) is 66.2 Å². The number of nitrogens with zero attached hydrogens (tertiary/aromatic N) is 2. The number of carbonyl (C=O) groups is 2. The summed E-state index contributed by atoms with van der Waals surface area (Å²) in [5, 5.41) is 6.28. The first-order valence-corrected chi connectivity index (χ1v) is 8.74. The highest BCUT2D eigenvalue weighted by Gasteiger charge is 2.21. The van der Waals surface area contributed by atoms with Crippen molar-refractivity contribution in [1.29, 1.82) is 0 Å². The van der Waals surface area contributed by atoms with E-state index < -0.39 is 28.9 Å². The Morgan fingerprint density at radius 1 is 1.15 bits per heavy atom. The average Bonchev–Trinajstić information content (AvgIpc) is 3.05. The Bertz CT molecular complexity index is 1020. The standard InChI is InChI=1S/C17H14FN5O3S/c18-12-6-1-2-7-14(12)27(26)11-5-3-4-10(8-11)23-9-13(21-17(20)25)15(22-23)16(19)24/h1-9H,(H2,19,24)(H3,20,21,25). The number of nitrogens with two attached hydrogens (primary N) is 2. The van der Waals surface area contributed by atoms with Crippen LogP contribution in [-0.2, 0) is 11.2 Å². The molecule has 138 valence electrons. The number of anilines is 1. The third kappa shape index (κ3) is 3.91. The fourth-order valence-electron chi connectivity index (χ4n) is 2.38. The maximum absolute atomic E-state index is 13.9. The average molecular weight is 387 g/mol. The first kappa shape index (κ1) is 18.4. The number of urea groups is 1. The normalized spacial score (nSPS) is 11.8. The Kier molecular flexibility index (Phi) is 5.10. The predicted molar refractivity (Wildman–Crippen MR) is 96.4 cm³/mol. The van der Waals surface area contributed by atoms with Gasteiger partial charge >= 0.3 is 6.03 Å². The summed E-state index contributed by atoms with van der Waals surface area (Å²) in [6.07, 6.45) is 1.34. The van der Waals surface area contributed by atoms with Crippen LogP contribution in [0, 0.1) is 5.82 Å². The maximum atomic E-state index is 13.9. The van der Waals surface area contributed by atoms with Crippen LogP contribution in [0.25, 0.3) is 5.69 Å². The Labute approximate surface area is 156 Å². The molecule has 3 aromatic rings. The van der Waals surface area contributed by atoms with E-state index in [1.165, 1.54) is 35.1 Å². The second kappa shape index (κ2) is 7.48. The minimum absolute atomic E-state index is 0.0376. The van der Waals surface area contributed by atoms with Gasteiger partial charge in [0.2, 0.25) is 0 Å². The number of halogens is 1. The number of hydrogen-bond donors (Lipinski definition) is 3. The summed E-state index contributed by atoms with van der Waals surface area (Å²) < 4.78 is 27.8. The highest BCUT2D eigenvalue weighted by Crippen LogP contribution is 2.25. The summed E-state index contributed by atoms with van der Waals surface area (Å²) >= 11 is -1.76. The summed E-state index contributed by atoms with van der Waals surface area (Å²) in [6.45, 7) is 0. The number of hydrogen-bond acceptors (Lipinski definition) is 4.